The molecule has 2 atom stereocenters. The van der Waals surface area contributed by atoms with Crippen LogP contribution in [0, 0.1) is 25.5 Å². The third-order valence-corrected chi connectivity index (χ3v) is 9.36. The SMILES string of the molecule is COc1cc(C)c(C(=O)c2c(OC)ccc(Br)c2C)c(OC)c1OC.Fc1cc(F)cc([C@]2(Cn3cncn3)O[C@H]2c2ccccc2Cl)c1. The Bertz CT molecular complexity index is 1970. The quantitative estimate of drug-likeness (QED) is 0.104. The zero-order valence-electron chi connectivity index (χ0n) is 27.5. The van der Waals surface area contributed by atoms with E-state index in [4.69, 9.17) is 35.3 Å². The number of hydrogen-bond acceptors (Lipinski definition) is 8. The predicted octanol–water partition coefficient (Wildman–Crippen LogP) is 8.21. The van der Waals surface area contributed by atoms with Crippen LogP contribution in [0.3, 0.4) is 0 Å². The van der Waals surface area contributed by atoms with Gasteiger partial charge in [0.15, 0.2) is 11.5 Å². The molecule has 0 amide bonds. The highest BCUT2D eigenvalue weighted by Gasteiger charge is 2.60. The fourth-order valence-corrected chi connectivity index (χ4v) is 6.33. The van der Waals surface area contributed by atoms with E-state index in [9.17, 15) is 13.6 Å². The highest BCUT2D eigenvalue weighted by Crippen LogP contribution is 2.59. The topological polar surface area (TPSA) is 97.2 Å². The first-order valence-electron chi connectivity index (χ1n) is 14.9. The molecule has 0 N–H and O–H groups in total. The first-order valence-corrected chi connectivity index (χ1v) is 16.0. The molecule has 0 radical (unpaired) electrons. The van der Waals surface area contributed by atoms with E-state index >= 15 is 0 Å². The van der Waals surface area contributed by atoms with Crippen LogP contribution in [0.15, 0.2) is 77.8 Å². The minimum atomic E-state index is -0.943. The van der Waals surface area contributed by atoms with Crippen LogP contribution in [0.2, 0.25) is 5.02 Å². The van der Waals surface area contributed by atoms with Gasteiger partial charge in [0.1, 0.15) is 41.7 Å². The second-order valence-electron chi connectivity index (χ2n) is 11.1. The van der Waals surface area contributed by atoms with Crippen molar-refractivity contribution in [1.29, 1.82) is 0 Å². The summed E-state index contributed by atoms with van der Waals surface area (Å²) in [6, 6.07) is 16.0. The summed E-state index contributed by atoms with van der Waals surface area (Å²) in [5.41, 5.74) is 2.64. The van der Waals surface area contributed by atoms with Gasteiger partial charge in [-0.3, -0.25) is 4.79 Å². The number of epoxide rings is 1. The first-order chi connectivity index (χ1) is 23.5. The Labute approximate surface area is 295 Å². The van der Waals surface area contributed by atoms with E-state index in [1.807, 2.05) is 38.1 Å². The third kappa shape index (κ3) is 7.12. The van der Waals surface area contributed by atoms with Crippen molar-refractivity contribution < 1.29 is 37.3 Å². The van der Waals surface area contributed by atoms with Crippen LogP contribution in [0.5, 0.6) is 23.0 Å². The monoisotopic (exact) mass is 755 g/mol. The number of aromatic nitrogens is 3. The van der Waals surface area contributed by atoms with Gasteiger partial charge in [-0.15, -0.1) is 0 Å². The maximum atomic E-state index is 13.7. The van der Waals surface area contributed by atoms with Crippen molar-refractivity contribution in [2.24, 2.45) is 0 Å². The molecular weight excluding hydrogens is 724 g/mol. The first kappa shape index (κ1) is 35.8. The average Bonchev–Trinajstić information content (AvgIpc) is 3.57. The molecule has 0 aliphatic carbocycles. The zero-order valence-corrected chi connectivity index (χ0v) is 29.9. The number of aryl methyl sites for hydroxylation is 1. The normalized spacial score (nSPS) is 16.3. The molecule has 5 aromatic rings. The third-order valence-electron chi connectivity index (χ3n) is 8.16. The van der Waals surface area contributed by atoms with Gasteiger partial charge in [-0.1, -0.05) is 45.7 Å². The van der Waals surface area contributed by atoms with Crippen LogP contribution in [0.1, 0.15) is 44.3 Å². The van der Waals surface area contributed by atoms with E-state index in [-0.39, 0.29) is 12.3 Å². The number of ketones is 1. The van der Waals surface area contributed by atoms with Gasteiger partial charge in [0.2, 0.25) is 11.5 Å². The summed E-state index contributed by atoms with van der Waals surface area (Å²) >= 11 is 9.73. The minimum absolute atomic E-state index is 0.203. The summed E-state index contributed by atoms with van der Waals surface area (Å²) in [7, 11) is 6.09. The fourth-order valence-electron chi connectivity index (χ4n) is 5.76. The highest BCUT2D eigenvalue weighted by atomic mass is 79.9. The van der Waals surface area contributed by atoms with Crippen molar-refractivity contribution >= 4 is 33.3 Å². The largest absolute Gasteiger partial charge is 0.496 e. The number of ether oxygens (including phenoxy) is 5. The van der Waals surface area contributed by atoms with Crippen LogP contribution in [0.4, 0.5) is 8.78 Å². The number of carbonyl (C=O) groups is 1. The highest BCUT2D eigenvalue weighted by molar-refractivity contribution is 9.10. The molecule has 1 aliphatic heterocycles. The van der Waals surface area contributed by atoms with Crippen LogP contribution in [-0.2, 0) is 16.9 Å². The number of rotatable bonds is 10. The number of hydrogen-bond donors (Lipinski definition) is 0. The van der Waals surface area contributed by atoms with E-state index in [0.717, 1.165) is 27.2 Å². The second-order valence-corrected chi connectivity index (χ2v) is 12.3. The lowest BCUT2D eigenvalue weighted by Gasteiger charge is -2.19. The maximum Gasteiger partial charge on any atom is 0.204 e. The van der Waals surface area contributed by atoms with Gasteiger partial charge in [0.05, 0.1) is 46.1 Å². The Hall–Kier alpha value is -4.52. The maximum absolute atomic E-state index is 13.7. The molecule has 1 aliphatic rings. The number of carbonyl (C=O) groups excluding carboxylic acids is 1. The molecule has 0 saturated carbocycles. The van der Waals surface area contributed by atoms with E-state index in [1.54, 1.807) is 30.0 Å². The van der Waals surface area contributed by atoms with Gasteiger partial charge in [0, 0.05) is 21.1 Å². The standard InChI is InChI=1S/C19H21BrO5.C17H12ClF2N3O/c1-10-9-14(23-4)18(24-5)19(25-6)15(10)17(21)16-11(2)12(20)7-8-13(16)22-3;18-15-4-2-1-3-14(15)16-17(24-16,8-23-10-21-9-22-23)11-5-12(19)7-13(20)6-11/h7-9H,1-6H3;1-7,9-10,16H,8H2/t;16-,17-/m.0/s1. The van der Waals surface area contributed by atoms with Gasteiger partial charge in [-0.25, -0.2) is 18.4 Å². The van der Waals surface area contributed by atoms with E-state index in [0.29, 0.717) is 44.7 Å². The van der Waals surface area contributed by atoms with Crippen molar-refractivity contribution in [3.63, 3.8) is 0 Å². The van der Waals surface area contributed by atoms with Crippen molar-refractivity contribution in [2.45, 2.75) is 32.1 Å². The molecule has 13 heteroatoms. The summed E-state index contributed by atoms with van der Waals surface area (Å²) in [4.78, 5) is 17.3. The van der Waals surface area contributed by atoms with Crippen molar-refractivity contribution in [3.05, 3.63) is 128 Å². The molecule has 6 rings (SSSR count). The minimum Gasteiger partial charge on any atom is -0.496 e. The van der Waals surface area contributed by atoms with Crippen molar-refractivity contribution in [1.82, 2.24) is 14.8 Å². The molecule has 256 valence electrons. The van der Waals surface area contributed by atoms with Crippen LogP contribution in [0.25, 0.3) is 0 Å². The lowest BCUT2D eigenvalue weighted by molar-refractivity contribution is 0.103. The molecule has 1 aromatic heterocycles. The molecule has 1 saturated heterocycles. The van der Waals surface area contributed by atoms with Crippen LogP contribution < -0.4 is 18.9 Å². The Morgan fingerprint density at radius 1 is 0.918 bits per heavy atom. The molecule has 0 unspecified atom stereocenters. The van der Waals surface area contributed by atoms with Crippen molar-refractivity contribution in [2.75, 3.05) is 28.4 Å². The molecule has 1 fully saturated rings. The van der Waals surface area contributed by atoms with Gasteiger partial charge in [-0.05, 0) is 66.9 Å². The van der Waals surface area contributed by atoms with Gasteiger partial charge in [0.25, 0.3) is 0 Å². The Balaban J connectivity index is 0.000000191. The molecule has 9 nitrogen and oxygen atoms in total. The Morgan fingerprint density at radius 3 is 2.18 bits per heavy atom. The summed E-state index contributed by atoms with van der Waals surface area (Å²) in [6.07, 6.45) is 2.51. The van der Waals surface area contributed by atoms with Crippen LogP contribution >= 0.6 is 27.5 Å². The lowest BCUT2D eigenvalue weighted by Crippen LogP contribution is -2.20. The zero-order chi connectivity index (χ0) is 35.5. The lowest BCUT2D eigenvalue weighted by atomic mass is 9.91. The van der Waals surface area contributed by atoms with E-state index < -0.39 is 23.3 Å². The molecule has 49 heavy (non-hydrogen) atoms. The number of benzene rings is 4. The molecule has 4 aromatic carbocycles. The van der Waals surface area contributed by atoms with E-state index in [1.165, 1.54) is 46.1 Å². The number of nitrogens with zero attached hydrogens (tertiary/aromatic N) is 3. The number of halogens is 4. The molecule has 0 bridgehead atoms. The second kappa shape index (κ2) is 14.9. The molecular formula is C36H33BrClF2N3O6. The fraction of sp³-hybridized carbons (Fsp3) is 0.250. The smallest absolute Gasteiger partial charge is 0.204 e. The number of methoxy groups -OCH3 is 4. The average molecular weight is 757 g/mol. The van der Waals surface area contributed by atoms with Gasteiger partial charge in [-0.2, -0.15) is 5.10 Å². The molecule has 2 heterocycles. The molecule has 0 spiro atoms. The van der Waals surface area contributed by atoms with Crippen LogP contribution in [-0.4, -0.2) is 49.0 Å². The Morgan fingerprint density at radius 2 is 1.59 bits per heavy atom. The van der Waals surface area contributed by atoms with Gasteiger partial charge < -0.3 is 23.7 Å². The summed E-state index contributed by atoms with van der Waals surface area (Å²) in [5, 5.41) is 4.61. The summed E-state index contributed by atoms with van der Waals surface area (Å²) in [6.45, 7) is 3.96. The predicted molar refractivity (Wildman–Crippen MR) is 183 cm³/mol. The van der Waals surface area contributed by atoms with Gasteiger partial charge >= 0.3 is 0 Å². The Kier molecular flexibility index (Phi) is 10.9. The van der Waals surface area contributed by atoms with Crippen molar-refractivity contribution in [3.8, 4) is 23.0 Å². The summed E-state index contributed by atoms with van der Waals surface area (Å²) in [5.74, 6) is 0.211. The van der Waals surface area contributed by atoms with E-state index in [2.05, 4.69) is 26.0 Å². The summed E-state index contributed by atoms with van der Waals surface area (Å²) < 4.78 is 57.4.